The van der Waals surface area contributed by atoms with Crippen LogP contribution in [0, 0.1) is 5.41 Å². The molecule has 0 spiro atoms. The molecule has 0 saturated heterocycles. The lowest BCUT2D eigenvalue weighted by Crippen LogP contribution is -2.38. The number of carbonyl (C=O) groups is 3. The van der Waals surface area contributed by atoms with Crippen LogP contribution in [-0.2, 0) is 16.1 Å². The van der Waals surface area contributed by atoms with Crippen LogP contribution in [0.3, 0.4) is 0 Å². The molecule has 1 aliphatic rings. The van der Waals surface area contributed by atoms with E-state index < -0.39 is 17.9 Å². The highest BCUT2D eigenvalue weighted by Gasteiger charge is 2.27. The summed E-state index contributed by atoms with van der Waals surface area (Å²) in [4.78, 5) is 35.7. The molecule has 0 saturated carbocycles. The number of rotatable bonds is 5. The fourth-order valence-electron chi connectivity index (χ4n) is 2.88. The number of benzene rings is 2. The summed E-state index contributed by atoms with van der Waals surface area (Å²) in [6.45, 7) is 0.217. The Morgan fingerprint density at radius 2 is 1.86 bits per heavy atom. The van der Waals surface area contributed by atoms with Crippen LogP contribution in [0.5, 0.6) is 0 Å². The number of nitrogens with two attached hydrogens (primary N) is 1. The van der Waals surface area contributed by atoms with Crippen molar-refractivity contribution < 1.29 is 19.5 Å². The quantitative estimate of drug-likeness (QED) is 0.336. The number of para-hydroxylation sites is 1. The zero-order chi connectivity index (χ0) is 20.3. The van der Waals surface area contributed by atoms with Crippen molar-refractivity contribution in [1.82, 2.24) is 5.32 Å². The Balaban J connectivity index is 1.85. The van der Waals surface area contributed by atoms with Crippen LogP contribution < -0.4 is 21.7 Å². The monoisotopic (exact) mass is 381 g/mol. The summed E-state index contributed by atoms with van der Waals surface area (Å²) in [6.07, 6.45) is -0.389. The van der Waals surface area contributed by atoms with Gasteiger partial charge in [0.2, 0.25) is 5.91 Å². The molecule has 2 aromatic carbocycles. The van der Waals surface area contributed by atoms with E-state index in [9.17, 15) is 14.4 Å². The largest absolute Gasteiger partial charge is 0.481 e. The first-order valence-corrected chi connectivity index (χ1v) is 8.49. The zero-order valence-electron chi connectivity index (χ0n) is 14.8. The summed E-state index contributed by atoms with van der Waals surface area (Å²) in [5.74, 6) is -2.01. The minimum Gasteiger partial charge on any atom is -0.481 e. The fourth-order valence-corrected chi connectivity index (χ4v) is 2.88. The van der Waals surface area contributed by atoms with E-state index in [4.69, 9.17) is 16.2 Å². The predicted octanol–water partition coefficient (Wildman–Crippen LogP) is 1.11. The highest BCUT2D eigenvalue weighted by Crippen LogP contribution is 2.29. The molecule has 0 aliphatic carbocycles. The molecule has 0 radical (unpaired) electrons. The highest BCUT2D eigenvalue weighted by molar-refractivity contribution is 6.07. The van der Waals surface area contributed by atoms with Gasteiger partial charge in [-0.05, 0) is 23.8 Å². The van der Waals surface area contributed by atoms with Gasteiger partial charge < -0.3 is 26.8 Å². The predicted molar refractivity (Wildman–Crippen MR) is 103 cm³/mol. The van der Waals surface area contributed by atoms with E-state index in [1.165, 1.54) is 0 Å². The second-order valence-corrected chi connectivity index (χ2v) is 6.30. The second-order valence-electron chi connectivity index (χ2n) is 6.30. The van der Waals surface area contributed by atoms with Crippen LogP contribution in [0.15, 0.2) is 42.5 Å². The molecule has 2 aromatic rings. The number of fused-ring (bicyclic) bond motifs is 1. The Bertz CT molecular complexity index is 955. The van der Waals surface area contributed by atoms with Gasteiger partial charge in [-0.15, -0.1) is 0 Å². The van der Waals surface area contributed by atoms with Crippen LogP contribution in [0.2, 0.25) is 0 Å². The Kier molecular flexibility index (Phi) is 5.25. The third-order valence-corrected chi connectivity index (χ3v) is 4.32. The summed E-state index contributed by atoms with van der Waals surface area (Å²) < 4.78 is 0. The maximum Gasteiger partial charge on any atom is 0.305 e. The van der Waals surface area contributed by atoms with E-state index in [0.717, 1.165) is 5.56 Å². The second kappa shape index (κ2) is 7.78. The zero-order valence-corrected chi connectivity index (χ0v) is 14.8. The SMILES string of the molecule is N=C(N)c1ccc(C(=O)Nc2cccc3c2N[C@@H](CC(=O)O)C(=O)NC3)cc1. The topological polar surface area (TPSA) is 157 Å². The van der Waals surface area contributed by atoms with Crippen LogP contribution >= 0.6 is 0 Å². The number of amidine groups is 1. The number of nitrogens with one attached hydrogen (secondary N) is 4. The van der Waals surface area contributed by atoms with Crippen LogP contribution in [0.1, 0.15) is 27.9 Å². The Hall–Kier alpha value is -3.88. The maximum atomic E-state index is 12.6. The molecule has 0 unspecified atom stereocenters. The highest BCUT2D eigenvalue weighted by atomic mass is 16.4. The number of anilines is 2. The van der Waals surface area contributed by atoms with Crippen molar-refractivity contribution in [3.63, 3.8) is 0 Å². The molecule has 2 amide bonds. The van der Waals surface area contributed by atoms with Crippen molar-refractivity contribution in [3.05, 3.63) is 59.2 Å². The van der Waals surface area contributed by atoms with Crippen molar-refractivity contribution in [2.24, 2.45) is 5.73 Å². The van der Waals surface area contributed by atoms with E-state index in [-0.39, 0.29) is 24.7 Å². The van der Waals surface area contributed by atoms with Gasteiger partial charge in [0.05, 0.1) is 17.8 Å². The number of carboxylic acid groups (broad SMARTS) is 1. The first kappa shape index (κ1) is 18.9. The van der Waals surface area contributed by atoms with Crippen molar-refractivity contribution in [2.45, 2.75) is 19.0 Å². The lowest BCUT2D eigenvalue weighted by molar-refractivity contribution is -0.139. The molecular weight excluding hydrogens is 362 g/mol. The molecule has 0 bridgehead atoms. The molecule has 1 atom stereocenters. The Morgan fingerprint density at radius 3 is 2.50 bits per heavy atom. The number of hydrogen-bond donors (Lipinski definition) is 6. The third-order valence-electron chi connectivity index (χ3n) is 4.32. The number of carboxylic acids is 1. The van der Waals surface area contributed by atoms with E-state index in [1.54, 1.807) is 42.5 Å². The Labute approximate surface area is 160 Å². The minimum atomic E-state index is -1.11. The average molecular weight is 381 g/mol. The average Bonchev–Trinajstić information content (AvgIpc) is 2.81. The molecule has 1 heterocycles. The van der Waals surface area contributed by atoms with Crippen molar-refractivity contribution in [3.8, 4) is 0 Å². The van der Waals surface area contributed by atoms with Crippen LogP contribution in [-0.4, -0.2) is 34.8 Å². The van der Waals surface area contributed by atoms with Gasteiger partial charge in [-0.3, -0.25) is 19.8 Å². The maximum absolute atomic E-state index is 12.6. The normalized spacial score (nSPS) is 15.4. The van der Waals surface area contributed by atoms with Crippen molar-refractivity contribution in [1.29, 1.82) is 5.41 Å². The number of nitrogen functional groups attached to an aromatic ring is 1. The van der Waals surface area contributed by atoms with E-state index in [0.29, 0.717) is 22.5 Å². The van der Waals surface area contributed by atoms with Gasteiger partial charge in [-0.1, -0.05) is 24.3 Å². The Morgan fingerprint density at radius 1 is 1.18 bits per heavy atom. The number of carbonyl (C=O) groups excluding carboxylic acids is 2. The first-order valence-electron chi connectivity index (χ1n) is 8.49. The van der Waals surface area contributed by atoms with E-state index in [2.05, 4.69) is 16.0 Å². The van der Waals surface area contributed by atoms with Gasteiger partial charge in [0, 0.05) is 17.7 Å². The third kappa shape index (κ3) is 4.09. The number of amides is 2. The first-order chi connectivity index (χ1) is 13.3. The van der Waals surface area contributed by atoms with Gasteiger partial charge in [0.25, 0.3) is 5.91 Å². The summed E-state index contributed by atoms with van der Waals surface area (Å²) in [6, 6.07) is 10.5. The van der Waals surface area contributed by atoms with Crippen LogP contribution in [0.25, 0.3) is 0 Å². The molecule has 144 valence electrons. The molecule has 28 heavy (non-hydrogen) atoms. The van der Waals surface area contributed by atoms with Gasteiger partial charge in [0.1, 0.15) is 11.9 Å². The summed E-state index contributed by atoms with van der Waals surface area (Å²) in [5, 5.41) is 24.8. The van der Waals surface area contributed by atoms with Crippen molar-refractivity contribution >= 4 is 35.0 Å². The summed E-state index contributed by atoms with van der Waals surface area (Å²) in [5.41, 5.74) is 7.95. The molecule has 7 N–H and O–H groups in total. The molecule has 9 nitrogen and oxygen atoms in total. The summed E-state index contributed by atoms with van der Waals surface area (Å²) in [7, 11) is 0. The van der Waals surface area contributed by atoms with Crippen LogP contribution in [0.4, 0.5) is 11.4 Å². The smallest absolute Gasteiger partial charge is 0.305 e. The fraction of sp³-hybridized carbons (Fsp3) is 0.158. The molecular formula is C19H19N5O4. The minimum absolute atomic E-state index is 0.0915. The molecule has 0 aromatic heterocycles. The molecule has 3 rings (SSSR count). The van der Waals surface area contributed by atoms with Gasteiger partial charge in [-0.25, -0.2) is 0 Å². The standard InChI is InChI=1S/C19H19N5O4/c20-17(21)10-4-6-11(7-5-10)18(27)24-13-3-1-2-12-9-22-19(28)14(8-15(25)26)23-16(12)13/h1-7,14,23H,8-9H2,(H3,20,21)(H,22,28)(H,24,27)(H,25,26)/t14-/m0/s1. The number of aliphatic carboxylic acids is 1. The van der Waals surface area contributed by atoms with Gasteiger partial charge in [-0.2, -0.15) is 0 Å². The number of hydrogen-bond acceptors (Lipinski definition) is 5. The van der Waals surface area contributed by atoms with Crippen molar-refractivity contribution in [2.75, 3.05) is 10.6 Å². The lowest BCUT2D eigenvalue weighted by atomic mass is 10.1. The summed E-state index contributed by atoms with van der Waals surface area (Å²) >= 11 is 0. The molecule has 9 heteroatoms. The van der Waals surface area contributed by atoms with E-state index >= 15 is 0 Å². The molecule has 0 fully saturated rings. The van der Waals surface area contributed by atoms with Gasteiger partial charge >= 0.3 is 5.97 Å². The molecule has 1 aliphatic heterocycles. The van der Waals surface area contributed by atoms with Gasteiger partial charge in [0.15, 0.2) is 0 Å². The lowest BCUT2D eigenvalue weighted by Gasteiger charge is -2.18. The van der Waals surface area contributed by atoms with E-state index in [1.807, 2.05) is 0 Å².